The van der Waals surface area contributed by atoms with Crippen molar-refractivity contribution in [2.24, 2.45) is 0 Å². The first-order chi connectivity index (χ1) is 12.6. The number of aromatic amines is 1. The molecule has 0 unspecified atom stereocenters. The molecule has 0 saturated carbocycles. The van der Waals surface area contributed by atoms with E-state index in [1.54, 1.807) is 23.9 Å². The van der Waals surface area contributed by atoms with Gasteiger partial charge in [0.2, 0.25) is 0 Å². The highest BCUT2D eigenvalue weighted by atomic mass is 35.5. The summed E-state index contributed by atoms with van der Waals surface area (Å²) in [5.74, 6) is 1.55. The fourth-order valence-corrected chi connectivity index (χ4v) is 4.15. The molecule has 0 atom stereocenters. The zero-order chi connectivity index (χ0) is 18.5. The molecule has 1 aromatic heterocycles. The smallest absolute Gasteiger partial charge is 0.258 e. The number of nitrogens with one attached hydrogen (secondary N) is 1. The van der Waals surface area contributed by atoms with E-state index in [4.69, 9.17) is 23.2 Å². The molecule has 0 spiro atoms. The van der Waals surface area contributed by atoms with Crippen molar-refractivity contribution in [2.45, 2.75) is 18.4 Å². The Kier molecular flexibility index (Phi) is 6.59. The molecule has 0 fully saturated rings. The lowest BCUT2D eigenvalue weighted by Crippen LogP contribution is -2.27. The van der Waals surface area contributed by atoms with Crippen LogP contribution in [0.15, 0.2) is 52.2 Å². The number of hydrogen-bond donors (Lipinski definition) is 1. The van der Waals surface area contributed by atoms with Gasteiger partial charge in [-0.05, 0) is 36.9 Å². The van der Waals surface area contributed by atoms with Crippen molar-refractivity contribution < 1.29 is 0 Å². The molecule has 1 heterocycles. The topological polar surface area (TPSA) is 49.0 Å². The van der Waals surface area contributed by atoms with Crippen molar-refractivity contribution in [2.75, 3.05) is 18.8 Å². The van der Waals surface area contributed by atoms with Gasteiger partial charge in [0.25, 0.3) is 5.56 Å². The Labute approximate surface area is 166 Å². The zero-order valence-corrected chi connectivity index (χ0v) is 16.7. The predicted octanol–water partition coefficient (Wildman–Crippen LogP) is 4.84. The van der Waals surface area contributed by atoms with Crippen LogP contribution in [0.5, 0.6) is 0 Å². The maximum absolute atomic E-state index is 12.2. The molecule has 0 aliphatic rings. The van der Waals surface area contributed by atoms with Gasteiger partial charge in [-0.2, -0.15) is 0 Å². The van der Waals surface area contributed by atoms with Crippen molar-refractivity contribution >= 4 is 45.9 Å². The Morgan fingerprint density at radius 2 is 2.00 bits per heavy atom. The van der Waals surface area contributed by atoms with Gasteiger partial charge in [0.05, 0.1) is 22.5 Å². The highest BCUT2D eigenvalue weighted by Gasteiger charge is 2.09. The highest BCUT2D eigenvalue weighted by molar-refractivity contribution is 7.99. The summed E-state index contributed by atoms with van der Waals surface area (Å²) in [7, 11) is 0. The molecule has 0 bridgehead atoms. The summed E-state index contributed by atoms with van der Waals surface area (Å²) in [6, 6.07) is 12.9. The zero-order valence-electron chi connectivity index (χ0n) is 14.3. The molecule has 0 aliphatic carbocycles. The minimum absolute atomic E-state index is 0.0956. The van der Waals surface area contributed by atoms with Gasteiger partial charge in [0.15, 0.2) is 0 Å². The van der Waals surface area contributed by atoms with Crippen molar-refractivity contribution in [1.29, 1.82) is 0 Å². The van der Waals surface area contributed by atoms with E-state index in [0.717, 1.165) is 29.3 Å². The lowest BCUT2D eigenvalue weighted by molar-refractivity contribution is 0.291. The van der Waals surface area contributed by atoms with Crippen molar-refractivity contribution in [3.05, 3.63) is 68.7 Å². The summed E-state index contributed by atoms with van der Waals surface area (Å²) >= 11 is 13.9. The largest absolute Gasteiger partial charge is 0.309 e. The fourth-order valence-electron chi connectivity index (χ4n) is 2.64. The van der Waals surface area contributed by atoms with E-state index >= 15 is 0 Å². The van der Waals surface area contributed by atoms with Crippen molar-refractivity contribution in [1.82, 2.24) is 14.9 Å². The Morgan fingerprint density at radius 3 is 2.81 bits per heavy atom. The third kappa shape index (κ3) is 4.80. The molecule has 1 N–H and O–H groups in total. The molecule has 7 heteroatoms. The minimum Gasteiger partial charge on any atom is -0.309 e. The lowest BCUT2D eigenvalue weighted by Gasteiger charge is -2.19. The molecular weight excluding hydrogens is 389 g/mol. The number of fused-ring (bicyclic) bond motifs is 1. The van der Waals surface area contributed by atoms with Crippen molar-refractivity contribution in [3.8, 4) is 0 Å². The molecule has 0 amide bonds. The highest BCUT2D eigenvalue weighted by Crippen LogP contribution is 2.29. The number of halogens is 2. The van der Waals surface area contributed by atoms with Crippen LogP contribution in [0.25, 0.3) is 10.9 Å². The van der Waals surface area contributed by atoms with Crippen LogP contribution < -0.4 is 5.56 Å². The Bertz CT molecular complexity index is 961. The first-order valence-corrected chi connectivity index (χ1v) is 10.1. The van der Waals surface area contributed by atoms with Crippen LogP contribution in [0.1, 0.15) is 12.7 Å². The summed E-state index contributed by atoms with van der Waals surface area (Å²) in [5.41, 5.74) is 0.629. The van der Waals surface area contributed by atoms with E-state index < -0.39 is 0 Å². The van der Waals surface area contributed by atoms with Crippen LogP contribution in [-0.2, 0) is 6.54 Å². The summed E-state index contributed by atoms with van der Waals surface area (Å²) in [6.07, 6.45) is 0. The molecule has 0 saturated heterocycles. The molecule has 3 aromatic rings. The monoisotopic (exact) mass is 407 g/mol. The molecule has 26 heavy (non-hydrogen) atoms. The number of benzene rings is 2. The second kappa shape index (κ2) is 8.91. The maximum atomic E-state index is 12.2. The molecule has 136 valence electrons. The van der Waals surface area contributed by atoms with Crippen LogP contribution in [0.2, 0.25) is 10.0 Å². The number of aromatic nitrogens is 2. The molecule has 0 radical (unpaired) electrons. The molecule has 0 aliphatic heterocycles. The third-order valence-electron chi connectivity index (χ3n) is 4.04. The van der Waals surface area contributed by atoms with Crippen LogP contribution in [0.4, 0.5) is 0 Å². The third-order valence-corrected chi connectivity index (χ3v) is 5.75. The van der Waals surface area contributed by atoms with Gasteiger partial charge < -0.3 is 4.98 Å². The Balaban J connectivity index is 1.64. The van der Waals surface area contributed by atoms with E-state index in [0.29, 0.717) is 27.8 Å². The van der Waals surface area contributed by atoms with Gasteiger partial charge in [0, 0.05) is 22.2 Å². The normalized spacial score (nSPS) is 11.4. The van der Waals surface area contributed by atoms with Crippen LogP contribution in [0.3, 0.4) is 0 Å². The lowest BCUT2D eigenvalue weighted by atomic mass is 10.2. The number of hydrogen-bond acceptors (Lipinski definition) is 4. The van der Waals surface area contributed by atoms with Crippen LogP contribution >= 0.6 is 35.0 Å². The number of H-pyrrole nitrogens is 1. The average molecular weight is 408 g/mol. The number of nitrogens with zero attached hydrogens (tertiary/aromatic N) is 2. The molecule has 3 rings (SSSR count). The fraction of sp³-hybridized carbons (Fsp3) is 0.263. The second-order valence-corrected chi connectivity index (χ2v) is 7.80. The SMILES string of the molecule is CCN(CCSc1cc(Cl)ccc1Cl)Cc1nc2ccccc2c(=O)[nH]1. The van der Waals surface area contributed by atoms with Crippen LogP contribution in [-0.4, -0.2) is 33.7 Å². The van der Waals surface area contributed by atoms with Gasteiger partial charge in [-0.1, -0.05) is 42.3 Å². The first kappa shape index (κ1) is 19.2. The summed E-state index contributed by atoms with van der Waals surface area (Å²) < 4.78 is 0. The number of thioether (sulfide) groups is 1. The average Bonchev–Trinajstić information content (AvgIpc) is 2.63. The van der Waals surface area contributed by atoms with Gasteiger partial charge in [-0.15, -0.1) is 11.8 Å². The van der Waals surface area contributed by atoms with Gasteiger partial charge in [-0.25, -0.2) is 4.98 Å². The standard InChI is InChI=1S/C19H19Cl2N3OS/c1-2-24(9-10-26-17-11-13(20)7-8-15(17)21)12-18-22-16-6-4-3-5-14(16)19(25)23-18/h3-8,11H,2,9-10,12H2,1H3,(H,22,23,25). The van der Waals surface area contributed by atoms with Gasteiger partial charge in [-0.3, -0.25) is 9.69 Å². The number of rotatable bonds is 7. The van der Waals surface area contributed by atoms with Gasteiger partial charge >= 0.3 is 0 Å². The molecular formula is C19H19Cl2N3OS. The number of para-hydroxylation sites is 1. The summed E-state index contributed by atoms with van der Waals surface area (Å²) in [5, 5.41) is 2.01. The summed E-state index contributed by atoms with van der Waals surface area (Å²) in [4.78, 5) is 22.9. The summed E-state index contributed by atoms with van der Waals surface area (Å²) in [6.45, 7) is 4.40. The van der Waals surface area contributed by atoms with Gasteiger partial charge in [0.1, 0.15) is 5.82 Å². The van der Waals surface area contributed by atoms with Crippen LogP contribution in [0, 0.1) is 0 Å². The van der Waals surface area contributed by atoms with E-state index in [1.807, 2.05) is 30.3 Å². The van der Waals surface area contributed by atoms with E-state index in [1.165, 1.54) is 0 Å². The van der Waals surface area contributed by atoms with Crippen molar-refractivity contribution in [3.63, 3.8) is 0 Å². The Morgan fingerprint density at radius 1 is 1.19 bits per heavy atom. The molecule has 2 aromatic carbocycles. The van der Waals surface area contributed by atoms with E-state index in [9.17, 15) is 4.79 Å². The quantitative estimate of drug-likeness (QED) is 0.568. The first-order valence-electron chi connectivity index (χ1n) is 8.35. The predicted molar refractivity (Wildman–Crippen MR) is 111 cm³/mol. The van der Waals surface area contributed by atoms with E-state index in [2.05, 4.69) is 21.8 Å². The maximum Gasteiger partial charge on any atom is 0.258 e. The Hall–Kier alpha value is -1.53. The van der Waals surface area contributed by atoms with E-state index in [-0.39, 0.29) is 5.56 Å². The second-order valence-electron chi connectivity index (χ2n) is 5.82. The molecule has 4 nitrogen and oxygen atoms in total. The minimum atomic E-state index is -0.0956.